The number of methoxy groups -OCH3 is 3. The highest BCUT2D eigenvalue weighted by atomic mass is 16.5. The van der Waals surface area contributed by atoms with Gasteiger partial charge >= 0.3 is 0 Å². The van der Waals surface area contributed by atoms with Crippen LogP contribution < -0.4 is 19.9 Å². The van der Waals surface area contributed by atoms with Crippen LogP contribution in [0.4, 0.5) is 0 Å². The van der Waals surface area contributed by atoms with Crippen LogP contribution >= 0.6 is 0 Å². The lowest BCUT2D eigenvalue weighted by Crippen LogP contribution is -2.27. The maximum absolute atomic E-state index is 5.79. The largest absolute Gasteiger partial charge is 0.496 e. The molecule has 0 aromatic heterocycles. The van der Waals surface area contributed by atoms with Gasteiger partial charge in [0.05, 0.1) is 32.6 Å². The van der Waals surface area contributed by atoms with Gasteiger partial charge in [0.1, 0.15) is 23.1 Å². The molecule has 2 rings (SSSR count). The molecule has 6 nitrogen and oxygen atoms in total. The first-order valence-electron chi connectivity index (χ1n) is 6.84. The fraction of sp³-hybridized carbons (Fsp3) is 0.467. The molecule has 2 N–H and O–H groups in total. The molecule has 0 saturated carbocycles. The van der Waals surface area contributed by atoms with Crippen molar-refractivity contribution in [3.8, 4) is 17.2 Å². The summed E-state index contributed by atoms with van der Waals surface area (Å²) in [7, 11) is 4.82. The second-order valence-corrected chi connectivity index (χ2v) is 4.79. The molecule has 1 aliphatic heterocycles. The smallest absolute Gasteiger partial charge is 0.135 e. The SMILES string of the molecule is CCC1CC(N)=NN=C1c1c(OC)cc(OC)cc1OC. The predicted molar refractivity (Wildman–Crippen MR) is 82.7 cm³/mol. The van der Waals surface area contributed by atoms with Gasteiger partial charge in [-0.15, -0.1) is 5.10 Å². The van der Waals surface area contributed by atoms with Crippen molar-refractivity contribution in [2.24, 2.45) is 21.9 Å². The molecule has 1 atom stereocenters. The summed E-state index contributed by atoms with van der Waals surface area (Å²) < 4.78 is 16.2. The van der Waals surface area contributed by atoms with Crippen LogP contribution in [0.25, 0.3) is 0 Å². The van der Waals surface area contributed by atoms with Gasteiger partial charge in [0.25, 0.3) is 0 Å². The van der Waals surface area contributed by atoms with Crippen molar-refractivity contribution in [1.82, 2.24) is 0 Å². The minimum absolute atomic E-state index is 0.193. The highest BCUT2D eigenvalue weighted by Crippen LogP contribution is 2.37. The van der Waals surface area contributed by atoms with Crippen LogP contribution in [0.3, 0.4) is 0 Å². The molecule has 0 fully saturated rings. The van der Waals surface area contributed by atoms with E-state index in [0.29, 0.717) is 29.5 Å². The van der Waals surface area contributed by atoms with Gasteiger partial charge in [-0.25, -0.2) is 0 Å². The molecule has 1 aromatic rings. The summed E-state index contributed by atoms with van der Waals surface area (Å²) in [4.78, 5) is 0. The molecule has 0 radical (unpaired) electrons. The Morgan fingerprint density at radius 2 is 1.71 bits per heavy atom. The molecule has 1 aromatic carbocycles. The van der Waals surface area contributed by atoms with Gasteiger partial charge < -0.3 is 19.9 Å². The van der Waals surface area contributed by atoms with E-state index in [1.165, 1.54) is 0 Å². The first-order chi connectivity index (χ1) is 10.1. The number of hydrogen-bond acceptors (Lipinski definition) is 6. The molecule has 21 heavy (non-hydrogen) atoms. The van der Waals surface area contributed by atoms with Gasteiger partial charge in [-0.3, -0.25) is 0 Å². The van der Waals surface area contributed by atoms with E-state index in [-0.39, 0.29) is 5.92 Å². The number of nitrogens with two attached hydrogens (primary N) is 1. The van der Waals surface area contributed by atoms with E-state index >= 15 is 0 Å². The Balaban J connectivity index is 2.61. The summed E-state index contributed by atoms with van der Waals surface area (Å²) in [5.41, 5.74) is 7.43. The van der Waals surface area contributed by atoms with Crippen LogP contribution in [0.2, 0.25) is 0 Å². The summed E-state index contributed by atoms with van der Waals surface area (Å²) in [6, 6.07) is 3.63. The average Bonchev–Trinajstić information content (AvgIpc) is 2.53. The molecule has 0 aliphatic carbocycles. The van der Waals surface area contributed by atoms with Gasteiger partial charge in [-0.2, -0.15) is 5.10 Å². The van der Waals surface area contributed by atoms with E-state index < -0.39 is 0 Å². The van der Waals surface area contributed by atoms with E-state index in [1.54, 1.807) is 21.3 Å². The highest BCUT2D eigenvalue weighted by molar-refractivity contribution is 6.09. The minimum atomic E-state index is 0.193. The molecule has 0 amide bonds. The molecule has 114 valence electrons. The Morgan fingerprint density at radius 1 is 1.10 bits per heavy atom. The Hall–Kier alpha value is -2.24. The lowest BCUT2D eigenvalue weighted by molar-refractivity contribution is 0.373. The average molecular weight is 291 g/mol. The van der Waals surface area contributed by atoms with E-state index in [2.05, 4.69) is 17.1 Å². The lowest BCUT2D eigenvalue weighted by atomic mass is 9.89. The van der Waals surface area contributed by atoms with Crippen molar-refractivity contribution >= 4 is 11.5 Å². The zero-order valence-electron chi connectivity index (χ0n) is 12.8. The first-order valence-corrected chi connectivity index (χ1v) is 6.84. The van der Waals surface area contributed by atoms with Crippen LogP contribution in [-0.4, -0.2) is 32.9 Å². The van der Waals surface area contributed by atoms with Crippen LogP contribution in [0.5, 0.6) is 17.2 Å². The molecular formula is C15H21N3O3. The minimum Gasteiger partial charge on any atom is -0.496 e. The zero-order chi connectivity index (χ0) is 15.4. The van der Waals surface area contributed by atoms with E-state index in [1.807, 2.05) is 12.1 Å². The Labute approximate surface area is 124 Å². The number of ether oxygens (including phenoxy) is 3. The van der Waals surface area contributed by atoms with Crippen LogP contribution in [0.15, 0.2) is 22.3 Å². The number of nitrogens with zero attached hydrogens (tertiary/aromatic N) is 2. The Kier molecular flexibility index (Phi) is 4.67. The molecular weight excluding hydrogens is 270 g/mol. The van der Waals surface area contributed by atoms with Crippen LogP contribution in [0.1, 0.15) is 25.3 Å². The summed E-state index contributed by atoms with van der Waals surface area (Å²) in [5.74, 6) is 2.72. The molecule has 6 heteroatoms. The Bertz CT molecular complexity index is 557. The molecule has 0 saturated heterocycles. The summed E-state index contributed by atoms with van der Waals surface area (Å²) in [6.07, 6.45) is 1.60. The second-order valence-electron chi connectivity index (χ2n) is 4.79. The number of rotatable bonds is 5. The van der Waals surface area contributed by atoms with Gasteiger partial charge in [-0.1, -0.05) is 6.92 Å². The van der Waals surface area contributed by atoms with Crippen molar-refractivity contribution in [3.63, 3.8) is 0 Å². The van der Waals surface area contributed by atoms with Crippen LogP contribution in [-0.2, 0) is 0 Å². The third-order valence-corrected chi connectivity index (χ3v) is 3.59. The molecule has 0 bridgehead atoms. The molecule has 1 heterocycles. The summed E-state index contributed by atoms with van der Waals surface area (Å²) in [6.45, 7) is 2.10. The van der Waals surface area contributed by atoms with E-state index in [9.17, 15) is 0 Å². The van der Waals surface area contributed by atoms with Crippen LogP contribution in [0, 0.1) is 5.92 Å². The predicted octanol–water partition coefficient (Wildman–Crippen LogP) is 2.20. The lowest BCUT2D eigenvalue weighted by Gasteiger charge is -2.23. The monoisotopic (exact) mass is 291 g/mol. The van der Waals surface area contributed by atoms with Gasteiger partial charge in [0.15, 0.2) is 0 Å². The topological polar surface area (TPSA) is 78.4 Å². The fourth-order valence-electron chi connectivity index (χ4n) is 2.44. The van der Waals surface area contributed by atoms with Crippen molar-refractivity contribution < 1.29 is 14.2 Å². The zero-order valence-corrected chi connectivity index (χ0v) is 12.8. The fourth-order valence-corrected chi connectivity index (χ4v) is 2.44. The van der Waals surface area contributed by atoms with E-state index in [4.69, 9.17) is 19.9 Å². The van der Waals surface area contributed by atoms with Crippen molar-refractivity contribution in [3.05, 3.63) is 17.7 Å². The third-order valence-electron chi connectivity index (χ3n) is 3.59. The summed E-state index contributed by atoms with van der Waals surface area (Å²) >= 11 is 0. The maximum atomic E-state index is 5.79. The first kappa shape index (κ1) is 15.2. The van der Waals surface area contributed by atoms with Gasteiger partial charge in [0, 0.05) is 24.5 Å². The van der Waals surface area contributed by atoms with Gasteiger partial charge in [0.2, 0.25) is 0 Å². The molecule has 0 spiro atoms. The number of benzene rings is 1. The van der Waals surface area contributed by atoms with Crippen molar-refractivity contribution in [1.29, 1.82) is 0 Å². The number of amidine groups is 1. The quantitative estimate of drug-likeness (QED) is 0.902. The van der Waals surface area contributed by atoms with E-state index in [0.717, 1.165) is 17.7 Å². The summed E-state index contributed by atoms with van der Waals surface area (Å²) in [5, 5.41) is 8.30. The highest BCUT2D eigenvalue weighted by Gasteiger charge is 2.27. The Morgan fingerprint density at radius 3 is 2.19 bits per heavy atom. The molecule has 1 unspecified atom stereocenters. The number of hydrogen-bond donors (Lipinski definition) is 1. The maximum Gasteiger partial charge on any atom is 0.135 e. The normalized spacial score (nSPS) is 17.8. The third kappa shape index (κ3) is 2.94. The standard InChI is InChI=1S/C15H21N3O3/c1-5-9-6-13(16)17-18-15(9)14-11(20-3)7-10(19-2)8-12(14)21-4/h7-9H,5-6H2,1-4H3,(H2,16,17). The van der Waals surface area contributed by atoms with Crippen molar-refractivity contribution in [2.75, 3.05) is 21.3 Å². The second kappa shape index (κ2) is 6.47. The van der Waals surface area contributed by atoms with Gasteiger partial charge in [-0.05, 0) is 6.42 Å². The molecule has 1 aliphatic rings. The van der Waals surface area contributed by atoms with Crippen molar-refractivity contribution in [2.45, 2.75) is 19.8 Å².